The zero-order chi connectivity index (χ0) is 17.6. The van der Waals surface area contributed by atoms with Crippen LogP contribution in [0.5, 0.6) is 5.75 Å². The van der Waals surface area contributed by atoms with Crippen molar-refractivity contribution >= 4 is 5.65 Å². The monoisotopic (exact) mass is 345 g/mol. The summed E-state index contributed by atoms with van der Waals surface area (Å²) in [4.78, 5) is 19.0. The first-order valence-electron chi connectivity index (χ1n) is 8.70. The van der Waals surface area contributed by atoms with Gasteiger partial charge in [-0.25, -0.2) is 4.98 Å². The summed E-state index contributed by atoms with van der Waals surface area (Å²) in [6, 6.07) is 4.76. The fraction of sp³-hybridized carbons (Fsp3) is 0.556. The van der Waals surface area contributed by atoms with Crippen LogP contribution in [0.2, 0.25) is 0 Å². The molecule has 2 fully saturated rings. The van der Waals surface area contributed by atoms with E-state index in [0.717, 1.165) is 25.8 Å². The Bertz CT molecular complexity index is 852. The Morgan fingerprint density at radius 3 is 3.08 bits per heavy atom. The first-order chi connectivity index (χ1) is 12.0. The quantitative estimate of drug-likeness (QED) is 0.860. The van der Waals surface area contributed by atoms with Gasteiger partial charge in [0, 0.05) is 38.5 Å². The van der Waals surface area contributed by atoms with Gasteiger partial charge in [0.1, 0.15) is 0 Å². The number of nitrogens with zero attached hydrogens (tertiary/aromatic N) is 3. The molecule has 4 rings (SSSR count). The third-order valence-corrected chi connectivity index (χ3v) is 5.76. The van der Waals surface area contributed by atoms with Gasteiger partial charge in [0.05, 0.1) is 17.4 Å². The molecular weight excluding hydrogens is 322 g/mol. The molecule has 25 heavy (non-hydrogen) atoms. The minimum Gasteiger partial charge on any atom is -0.504 e. The number of ether oxygens (including phenoxy) is 1. The van der Waals surface area contributed by atoms with E-state index in [9.17, 15) is 15.0 Å². The molecule has 0 radical (unpaired) electrons. The lowest BCUT2D eigenvalue weighted by molar-refractivity contribution is -0.0880. The number of hydrogen-bond donors (Lipinski definition) is 2. The maximum Gasteiger partial charge on any atom is 0.258 e. The van der Waals surface area contributed by atoms with E-state index in [4.69, 9.17) is 4.74 Å². The van der Waals surface area contributed by atoms with Gasteiger partial charge in [0.15, 0.2) is 11.4 Å². The van der Waals surface area contributed by atoms with Crippen molar-refractivity contribution in [1.29, 1.82) is 0 Å². The normalized spacial score (nSPS) is 29.8. The summed E-state index contributed by atoms with van der Waals surface area (Å²) in [5, 5.41) is 20.1. The van der Waals surface area contributed by atoms with Gasteiger partial charge in [0.25, 0.3) is 5.56 Å². The summed E-state index contributed by atoms with van der Waals surface area (Å²) < 4.78 is 7.19. The van der Waals surface area contributed by atoms with Crippen LogP contribution in [-0.2, 0) is 11.3 Å². The minimum atomic E-state index is -0.312. The molecule has 7 heteroatoms. The van der Waals surface area contributed by atoms with Crippen LogP contribution in [0.1, 0.15) is 31.4 Å². The predicted octanol–water partition coefficient (Wildman–Crippen LogP) is 0.904. The van der Waals surface area contributed by atoms with Gasteiger partial charge in [-0.3, -0.25) is 14.1 Å². The number of likely N-dealkylation sites (tertiary alicyclic amines) is 1. The Morgan fingerprint density at radius 2 is 2.28 bits per heavy atom. The summed E-state index contributed by atoms with van der Waals surface area (Å²) in [5.41, 5.74) is 0.467. The van der Waals surface area contributed by atoms with Crippen LogP contribution in [-0.4, -0.2) is 55.9 Å². The Balaban J connectivity index is 1.65. The molecule has 7 nitrogen and oxygen atoms in total. The summed E-state index contributed by atoms with van der Waals surface area (Å²) in [5.74, 6) is -0.0119. The van der Waals surface area contributed by atoms with E-state index in [1.54, 1.807) is 19.4 Å². The van der Waals surface area contributed by atoms with Gasteiger partial charge >= 0.3 is 0 Å². The molecule has 2 aromatic heterocycles. The number of aromatic nitrogens is 2. The molecule has 1 aliphatic heterocycles. The standard InChI is InChI=1S/C18H23N3O4/c1-25-18-5-4-13(22)10-15(18)20(8-6-18)11-12-9-16(24)21-7-2-3-14(23)17(21)19-12/h2-3,7,9,13,15,22-23H,4-6,8,10-11H2,1H3/t13-,15-,18+/m0/s1. The third kappa shape index (κ3) is 2.72. The second-order valence-corrected chi connectivity index (χ2v) is 7.11. The number of hydrogen-bond acceptors (Lipinski definition) is 6. The van der Waals surface area contributed by atoms with Crippen molar-refractivity contribution in [2.45, 2.75) is 50.0 Å². The highest BCUT2D eigenvalue weighted by Gasteiger charge is 2.50. The highest BCUT2D eigenvalue weighted by Crippen LogP contribution is 2.42. The smallest absolute Gasteiger partial charge is 0.258 e. The van der Waals surface area contributed by atoms with E-state index in [-0.39, 0.29) is 34.7 Å². The molecule has 2 aromatic rings. The van der Waals surface area contributed by atoms with Crippen LogP contribution in [0.15, 0.2) is 29.2 Å². The van der Waals surface area contributed by atoms with Crippen molar-refractivity contribution in [2.75, 3.05) is 13.7 Å². The number of fused-ring (bicyclic) bond motifs is 2. The highest BCUT2D eigenvalue weighted by molar-refractivity contribution is 5.52. The average Bonchev–Trinajstić information content (AvgIpc) is 2.95. The molecule has 1 aliphatic carbocycles. The lowest BCUT2D eigenvalue weighted by Gasteiger charge is -2.42. The number of aliphatic hydroxyl groups excluding tert-OH is 1. The maximum atomic E-state index is 12.3. The number of aromatic hydroxyl groups is 1. The van der Waals surface area contributed by atoms with Crippen molar-refractivity contribution in [3.63, 3.8) is 0 Å². The number of pyridine rings is 1. The van der Waals surface area contributed by atoms with Gasteiger partial charge in [-0.2, -0.15) is 0 Å². The van der Waals surface area contributed by atoms with Crippen LogP contribution >= 0.6 is 0 Å². The van der Waals surface area contributed by atoms with E-state index in [0.29, 0.717) is 18.7 Å². The molecule has 0 aromatic carbocycles. The lowest BCUT2D eigenvalue weighted by atomic mass is 9.79. The van der Waals surface area contributed by atoms with Crippen molar-refractivity contribution in [3.05, 3.63) is 40.4 Å². The molecule has 134 valence electrons. The summed E-state index contributed by atoms with van der Waals surface area (Å²) in [6.45, 7) is 1.34. The number of methoxy groups -OCH3 is 1. The Morgan fingerprint density at radius 1 is 1.44 bits per heavy atom. The van der Waals surface area contributed by atoms with Crippen molar-refractivity contribution in [3.8, 4) is 5.75 Å². The second-order valence-electron chi connectivity index (χ2n) is 7.11. The number of rotatable bonds is 3. The van der Waals surface area contributed by atoms with E-state index < -0.39 is 0 Å². The summed E-state index contributed by atoms with van der Waals surface area (Å²) >= 11 is 0. The fourth-order valence-electron chi connectivity index (χ4n) is 4.41. The van der Waals surface area contributed by atoms with Gasteiger partial charge < -0.3 is 14.9 Å². The molecule has 0 spiro atoms. The van der Waals surface area contributed by atoms with Gasteiger partial charge in [-0.15, -0.1) is 0 Å². The molecule has 3 atom stereocenters. The zero-order valence-corrected chi connectivity index (χ0v) is 14.3. The van der Waals surface area contributed by atoms with Crippen LogP contribution in [0, 0.1) is 0 Å². The van der Waals surface area contributed by atoms with Crippen molar-refractivity contribution < 1.29 is 14.9 Å². The summed E-state index contributed by atoms with van der Waals surface area (Å²) in [7, 11) is 1.74. The molecule has 2 N–H and O–H groups in total. The van der Waals surface area contributed by atoms with Gasteiger partial charge in [-0.1, -0.05) is 0 Å². The first-order valence-corrected chi connectivity index (χ1v) is 8.70. The fourth-order valence-corrected chi connectivity index (χ4v) is 4.41. The van der Waals surface area contributed by atoms with Crippen LogP contribution < -0.4 is 5.56 Å². The Kier molecular flexibility index (Phi) is 4.02. The van der Waals surface area contributed by atoms with E-state index in [1.807, 2.05) is 0 Å². The molecule has 2 aliphatic rings. The molecule has 0 amide bonds. The average molecular weight is 345 g/mol. The Hall–Kier alpha value is -1.96. The Labute approximate surface area is 145 Å². The van der Waals surface area contributed by atoms with Crippen LogP contribution in [0.25, 0.3) is 5.65 Å². The predicted molar refractivity (Wildman–Crippen MR) is 91.5 cm³/mol. The zero-order valence-electron chi connectivity index (χ0n) is 14.3. The summed E-state index contributed by atoms with van der Waals surface area (Å²) in [6.07, 6.45) is 4.48. The molecular formula is C18H23N3O4. The van der Waals surface area contributed by atoms with Gasteiger partial charge in [0.2, 0.25) is 0 Å². The van der Waals surface area contributed by atoms with Crippen LogP contribution in [0.4, 0.5) is 0 Å². The topological polar surface area (TPSA) is 87.3 Å². The molecule has 0 unspecified atom stereocenters. The number of aliphatic hydroxyl groups is 1. The van der Waals surface area contributed by atoms with Crippen LogP contribution in [0.3, 0.4) is 0 Å². The van der Waals surface area contributed by atoms with Crippen molar-refractivity contribution in [1.82, 2.24) is 14.3 Å². The third-order valence-electron chi connectivity index (χ3n) is 5.76. The van der Waals surface area contributed by atoms with E-state index in [2.05, 4.69) is 9.88 Å². The van der Waals surface area contributed by atoms with Gasteiger partial charge in [-0.05, 0) is 37.8 Å². The largest absolute Gasteiger partial charge is 0.504 e. The van der Waals surface area contributed by atoms with E-state index in [1.165, 1.54) is 16.5 Å². The molecule has 1 saturated carbocycles. The molecule has 3 heterocycles. The minimum absolute atomic E-state index is 0.0119. The van der Waals surface area contributed by atoms with Crippen molar-refractivity contribution in [2.24, 2.45) is 0 Å². The van der Waals surface area contributed by atoms with E-state index >= 15 is 0 Å². The first kappa shape index (κ1) is 16.5. The lowest BCUT2D eigenvalue weighted by Crippen LogP contribution is -2.51. The second kappa shape index (κ2) is 6.09. The SMILES string of the molecule is CO[C@@]12CC[C@H](O)C[C@@H]1N(Cc1cc(=O)n3cccc(O)c3n1)CC2. The molecule has 0 bridgehead atoms. The maximum absolute atomic E-state index is 12.3. The molecule has 1 saturated heterocycles. The highest BCUT2D eigenvalue weighted by atomic mass is 16.5.